The van der Waals surface area contributed by atoms with Crippen molar-refractivity contribution in [2.75, 3.05) is 26.2 Å². The summed E-state index contributed by atoms with van der Waals surface area (Å²) in [6.07, 6.45) is 0.253. The third-order valence-electron chi connectivity index (χ3n) is 5.48. The summed E-state index contributed by atoms with van der Waals surface area (Å²) in [5, 5.41) is 13.9. The molecule has 2 fully saturated rings. The van der Waals surface area contributed by atoms with Crippen molar-refractivity contribution < 1.29 is 23.1 Å². The Hall–Kier alpha value is -1.52. The zero-order chi connectivity index (χ0) is 20.3. The zero-order valence-corrected chi connectivity index (χ0v) is 17.1. The minimum atomic E-state index is -3.65. The minimum Gasteiger partial charge on any atom is -0.389 e. The normalized spacial score (nSPS) is 26.5. The number of likely N-dealkylation sites (tertiary alicyclic amines) is 1. The molecule has 0 bridgehead atoms. The number of piperidine rings is 1. The number of nitrogens with zero attached hydrogens (tertiary/aromatic N) is 1. The second-order valence-electron chi connectivity index (χ2n) is 7.58. The van der Waals surface area contributed by atoms with Gasteiger partial charge in [-0.2, -0.15) is 0 Å². The quantitative estimate of drug-likeness (QED) is 0.608. The van der Waals surface area contributed by atoms with Crippen LogP contribution in [0.4, 0.5) is 0 Å². The summed E-state index contributed by atoms with van der Waals surface area (Å²) in [6.45, 7) is 5.21. The number of ether oxygens (including phenoxy) is 1. The van der Waals surface area contributed by atoms with E-state index >= 15 is 0 Å². The average Bonchev–Trinajstić information content (AvgIpc) is 3.01. The van der Waals surface area contributed by atoms with Crippen LogP contribution in [0.1, 0.15) is 25.3 Å². The van der Waals surface area contributed by atoms with E-state index in [-0.39, 0.29) is 29.4 Å². The van der Waals surface area contributed by atoms with Gasteiger partial charge >= 0.3 is 0 Å². The van der Waals surface area contributed by atoms with E-state index in [4.69, 9.17) is 4.74 Å². The van der Waals surface area contributed by atoms with Crippen LogP contribution in [0, 0.1) is 6.92 Å². The molecule has 0 radical (unpaired) electrons. The Morgan fingerprint density at radius 2 is 1.89 bits per heavy atom. The third-order valence-corrected chi connectivity index (χ3v) is 6.92. The topological polar surface area (TPSA) is 108 Å². The van der Waals surface area contributed by atoms with Crippen molar-refractivity contribution in [1.29, 1.82) is 0 Å². The van der Waals surface area contributed by atoms with Crippen LogP contribution in [-0.4, -0.2) is 74.9 Å². The molecule has 1 aromatic rings. The predicted molar refractivity (Wildman–Crippen MR) is 104 cm³/mol. The first-order valence-corrected chi connectivity index (χ1v) is 11.1. The second kappa shape index (κ2) is 8.87. The molecule has 9 heteroatoms. The molecule has 2 saturated heterocycles. The van der Waals surface area contributed by atoms with E-state index in [0.29, 0.717) is 19.7 Å². The Labute approximate surface area is 166 Å². The molecule has 0 aliphatic carbocycles. The van der Waals surface area contributed by atoms with Crippen molar-refractivity contribution >= 4 is 15.9 Å². The number of aliphatic hydroxyl groups excluding tert-OH is 1. The van der Waals surface area contributed by atoms with Gasteiger partial charge in [-0.1, -0.05) is 17.7 Å². The van der Waals surface area contributed by atoms with Crippen molar-refractivity contribution in [2.45, 2.75) is 55.9 Å². The first kappa shape index (κ1) is 21.2. The van der Waals surface area contributed by atoms with Crippen LogP contribution in [0.5, 0.6) is 0 Å². The monoisotopic (exact) mass is 411 g/mol. The average molecular weight is 412 g/mol. The fraction of sp³-hybridized carbons (Fsp3) is 0.632. The summed E-state index contributed by atoms with van der Waals surface area (Å²) in [7, 11) is -3.65. The Morgan fingerprint density at radius 1 is 1.25 bits per heavy atom. The maximum Gasteiger partial charge on any atom is 0.240 e. The summed E-state index contributed by atoms with van der Waals surface area (Å²) in [6, 6.07) is 6.56. The number of rotatable bonds is 6. The molecular weight excluding hydrogens is 382 g/mol. The standard InChI is InChI=1S/C19H29N3O5S/c1-13-3-5-16(6-4-13)28(25,26)20-11-18-19(24)17(12-27-18)21-15-7-9-22(10-8-15)14(2)23/h3-6,15,17-21,24H,7-12H2,1-2H3. The number of amides is 1. The zero-order valence-electron chi connectivity index (χ0n) is 16.3. The van der Waals surface area contributed by atoms with E-state index in [1.165, 1.54) is 0 Å². The van der Waals surface area contributed by atoms with Gasteiger partial charge in [0.1, 0.15) is 0 Å². The summed E-state index contributed by atoms with van der Waals surface area (Å²) in [5.74, 6) is 0.0867. The third kappa shape index (κ3) is 5.09. The molecule has 2 aliphatic heterocycles. The molecule has 28 heavy (non-hydrogen) atoms. The molecule has 8 nitrogen and oxygen atoms in total. The molecule has 2 heterocycles. The van der Waals surface area contributed by atoms with Gasteiger partial charge < -0.3 is 20.1 Å². The number of aliphatic hydroxyl groups is 1. The fourth-order valence-electron chi connectivity index (χ4n) is 3.67. The number of carbonyl (C=O) groups is 1. The number of nitrogens with one attached hydrogen (secondary N) is 2. The molecule has 156 valence electrons. The number of carbonyl (C=O) groups excluding carboxylic acids is 1. The first-order chi connectivity index (χ1) is 13.3. The number of sulfonamides is 1. The van der Waals surface area contributed by atoms with Gasteiger partial charge in [-0.3, -0.25) is 4.79 Å². The van der Waals surface area contributed by atoms with Crippen molar-refractivity contribution in [2.24, 2.45) is 0 Å². The molecule has 1 amide bonds. The highest BCUT2D eigenvalue weighted by atomic mass is 32.2. The molecule has 2 aliphatic rings. The van der Waals surface area contributed by atoms with E-state index in [1.54, 1.807) is 31.2 Å². The fourth-order valence-corrected chi connectivity index (χ4v) is 4.71. The maximum atomic E-state index is 12.4. The number of benzene rings is 1. The maximum absolute atomic E-state index is 12.4. The summed E-state index contributed by atoms with van der Waals surface area (Å²) < 4.78 is 32.9. The highest BCUT2D eigenvalue weighted by molar-refractivity contribution is 7.89. The van der Waals surface area contributed by atoms with Crippen LogP contribution in [0.3, 0.4) is 0 Å². The van der Waals surface area contributed by atoms with Crippen molar-refractivity contribution in [3.63, 3.8) is 0 Å². The van der Waals surface area contributed by atoms with Crippen molar-refractivity contribution in [3.05, 3.63) is 29.8 Å². The lowest BCUT2D eigenvalue weighted by atomic mass is 10.0. The Kier molecular flexibility index (Phi) is 6.72. The molecule has 0 aromatic heterocycles. The van der Waals surface area contributed by atoms with E-state index in [2.05, 4.69) is 10.0 Å². The van der Waals surface area contributed by atoms with E-state index in [0.717, 1.165) is 18.4 Å². The highest BCUT2D eigenvalue weighted by Gasteiger charge is 2.38. The molecule has 3 atom stereocenters. The van der Waals surface area contributed by atoms with Crippen molar-refractivity contribution in [1.82, 2.24) is 14.9 Å². The van der Waals surface area contributed by atoms with Crippen LogP contribution < -0.4 is 10.0 Å². The van der Waals surface area contributed by atoms with Crippen LogP contribution in [0.15, 0.2) is 29.2 Å². The molecule has 3 unspecified atom stereocenters. The molecule has 0 spiro atoms. The lowest BCUT2D eigenvalue weighted by Gasteiger charge is -2.33. The molecule has 3 rings (SSSR count). The van der Waals surface area contributed by atoms with Gasteiger partial charge in [-0.25, -0.2) is 13.1 Å². The molecule has 0 saturated carbocycles. The molecule has 1 aromatic carbocycles. The largest absolute Gasteiger partial charge is 0.389 e. The van der Waals surface area contributed by atoms with Gasteiger partial charge in [0, 0.05) is 32.6 Å². The number of hydrogen-bond donors (Lipinski definition) is 3. The molecular formula is C19H29N3O5S. The second-order valence-corrected chi connectivity index (χ2v) is 9.35. The summed E-state index contributed by atoms with van der Waals surface area (Å²) in [5.41, 5.74) is 0.983. The predicted octanol–water partition coefficient (Wildman–Crippen LogP) is 0.00212. The molecule has 3 N–H and O–H groups in total. The van der Waals surface area contributed by atoms with E-state index in [9.17, 15) is 18.3 Å². The van der Waals surface area contributed by atoms with Crippen molar-refractivity contribution in [3.8, 4) is 0 Å². The highest BCUT2D eigenvalue weighted by Crippen LogP contribution is 2.19. The minimum absolute atomic E-state index is 0.0122. The number of hydrogen-bond acceptors (Lipinski definition) is 6. The van der Waals surface area contributed by atoms with Gasteiger partial charge in [-0.05, 0) is 31.9 Å². The Balaban J connectivity index is 1.48. The van der Waals surface area contributed by atoms with Gasteiger partial charge in [0.2, 0.25) is 15.9 Å². The number of aryl methyl sites for hydroxylation is 1. The van der Waals surface area contributed by atoms with Gasteiger partial charge in [0.05, 0.1) is 29.8 Å². The van der Waals surface area contributed by atoms with Crippen LogP contribution in [0.2, 0.25) is 0 Å². The Morgan fingerprint density at radius 3 is 2.50 bits per heavy atom. The lowest BCUT2D eigenvalue weighted by Crippen LogP contribution is -2.51. The Bertz CT molecular complexity index is 775. The first-order valence-electron chi connectivity index (χ1n) is 9.64. The van der Waals surface area contributed by atoms with Crippen LogP contribution in [-0.2, 0) is 19.6 Å². The van der Waals surface area contributed by atoms with E-state index in [1.807, 2.05) is 11.8 Å². The SMILES string of the molecule is CC(=O)N1CCC(NC2COC(CNS(=O)(=O)c3ccc(C)cc3)C2O)CC1. The summed E-state index contributed by atoms with van der Waals surface area (Å²) >= 11 is 0. The van der Waals surface area contributed by atoms with Gasteiger partial charge in [0.15, 0.2) is 0 Å². The van der Waals surface area contributed by atoms with Crippen LogP contribution >= 0.6 is 0 Å². The van der Waals surface area contributed by atoms with Crippen LogP contribution in [0.25, 0.3) is 0 Å². The van der Waals surface area contributed by atoms with Gasteiger partial charge in [-0.15, -0.1) is 0 Å². The lowest BCUT2D eigenvalue weighted by molar-refractivity contribution is -0.129. The van der Waals surface area contributed by atoms with E-state index < -0.39 is 22.2 Å². The van der Waals surface area contributed by atoms with Gasteiger partial charge in [0.25, 0.3) is 0 Å². The smallest absolute Gasteiger partial charge is 0.240 e. The summed E-state index contributed by atoms with van der Waals surface area (Å²) in [4.78, 5) is 13.4.